The predicted molar refractivity (Wildman–Crippen MR) is 164 cm³/mol. The Balaban J connectivity index is 4.02. The van der Waals surface area contributed by atoms with Gasteiger partial charge in [-0.1, -0.05) is 129 Å². The Morgan fingerprint density at radius 3 is 0.833 bits per heavy atom. The molecular formula is C32H70N4. The van der Waals surface area contributed by atoms with Crippen LogP contribution in [-0.4, -0.2) is 62.2 Å². The van der Waals surface area contributed by atoms with Gasteiger partial charge in [-0.25, -0.2) is 0 Å². The van der Waals surface area contributed by atoms with Gasteiger partial charge in [0.25, 0.3) is 0 Å². The summed E-state index contributed by atoms with van der Waals surface area (Å²) < 4.78 is 0. The molecular weight excluding hydrogens is 440 g/mol. The minimum Gasteiger partial charge on any atom is -0.330 e. The normalized spacial score (nSPS) is 11.8. The molecule has 0 unspecified atom stereocenters. The average molecular weight is 511 g/mol. The maximum atomic E-state index is 5.85. The molecule has 0 aliphatic carbocycles. The highest BCUT2D eigenvalue weighted by atomic mass is 15.2. The van der Waals surface area contributed by atoms with Crippen LogP contribution >= 0.6 is 0 Å². The molecule has 0 amide bonds. The molecule has 0 aromatic heterocycles. The molecule has 4 heteroatoms. The predicted octanol–water partition coefficient (Wildman–Crippen LogP) is 8.13. The molecule has 0 rings (SSSR count). The van der Waals surface area contributed by atoms with E-state index in [1.807, 2.05) is 0 Å². The van der Waals surface area contributed by atoms with Gasteiger partial charge >= 0.3 is 0 Å². The van der Waals surface area contributed by atoms with Gasteiger partial charge in [-0.3, -0.25) is 0 Å². The molecule has 0 aromatic carbocycles. The molecule has 0 aromatic rings. The Bertz CT molecular complexity index is 354. The standard InChI is InChI=1S/C32H70N4/c1-3-5-7-9-11-13-15-17-19-21-27-35(29-23-25-33)31-32-36(30-24-26-34)28-22-20-18-16-14-12-10-8-6-4-2/h3-34H2,1-2H3. The molecule has 4 N–H and O–H groups in total. The van der Waals surface area contributed by atoms with Crippen molar-refractivity contribution >= 4 is 0 Å². The van der Waals surface area contributed by atoms with Gasteiger partial charge < -0.3 is 21.3 Å². The molecule has 0 heterocycles. The quantitative estimate of drug-likeness (QED) is 0.0924. The molecule has 36 heavy (non-hydrogen) atoms. The van der Waals surface area contributed by atoms with E-state index in [4.69, 9.17) is 11.5 Å². The topological polar surface area (TPSA) is 58.5 Å². The highest BCUT2D eigenvalue weighted by Gasteiger charge is 2.09. The summed E-state index contributed by atoms with van der Waals surface area (Å²) in [6, 6.07) is 0. The summed E-state index contributed by atoms with van der Waals surface area (Å²) in [5, 5.41) is 0. The van der Waals surface area contributed by atoms with E-state index < -0.39 is 0 Å². The van der Waals surface area contributed by atoms with Crippen LogP contribution in [0.25, 0.3) is 0 Å². The van der Waals surface area contributed by atoms with E-state index in [1.54, 1.807) is 0 Å². The molecule has 0 bridgehead atoms. The van der Waals surface area contributed by atoms with Crippen molar-refractivity contribution in [3.63, 3.8) is 0 Å². The second-order valence-electron chi connectivity index (χ2n) is 11.3. The zero-order valence-electron chi connectivity index (χ0n) is 25.3. The summed E-state index contributed by atoms with van der Waals surface area (Å²) in [5.74, 6) is 0. The number of rotatable bonds is 31. The Labute approximate surface area is 228 Å². The monoisotopic (exact) mass is 511 g/mol. The van der Waals surface area contributed by atoms with E-state index in [-0.39, 0.29) is 0 Å². The lowest BCUT2D eigenvalue weighted by atomic mass is 10.1. The number of unbranched alkanes of at least 4 members (excludes halogenated alkanes) is 18. The third-order valence-electron chi connectivity index (χ3n) is 7.75. The van der Waals surface area contributed by atoms with Gasteiger partial charge in [-0.15, -0.1) is 0 Å². The van der Waals surface area contributed by atoms with Crippen LogP contribution < -0.4 is 11.5 Å². The lowest BCUT2D eigenvalue weighted by Crippen LogP contribution is -2.38. The fourth-order valence-corrected chi connectivity index (χ4v) is 5.23. The van der Waals surface area contributed by atoms with Crippen LogP contribution in [0.4, 0.5) is 0 Å². The Morgan fingerprint density at radius 1 is 0.306 bits per heavy atom. The van der Waals surface area contributed by atoms with Crippen molar-refractivity contribution in [1.82, 2.24) is 9.80 Å². The fraction of sp³-hybridized carbons (Fsp3) is 1.00. The van der Waals surface area contributed by atoms with Crippen LogP contribution in [0.3, 0.4) is 0 Å². The largest absolute Gasteiger partial charge is 0.330 e. The van der Waals surface area contributed by atoms with Crippen LogP contribution in [0.5, 0.6) is 0 Å². The van der Waals surface area contributed by atoms with Crippen molar-refractivity contribution in [2.75, 3.05) is 52.4 Å². The second-order valence-corrected chi connectivity index (χ2v) is 11.3. The molecule has 0 fully saturated rings. The summed E-state index contributed by atoms with van der Waals surface area (Å²) in [6.07, 6.45) is 30.5. The molecule has 0 saturated heterocycles. The van der Waals surface area contributed by atoms with Crippen molar-refractivity contribution in [1.29, 1.82) is 0 Å². The van der Waals surface area contributed by atoms with Crippen molar-refractivity contribution in [3.05, 3.63) is 0 Å². The number of nitrogens with two attached hydrogens (primary N) is 2. The van der Waals surface area contributed by atoms with Crippen LogP contribution in [0.15, 0.2) is 0 Å². The maximum absolute atomic E-state index is 5.85. The van der Waals surface area contributed by atoms with Gasteiger partial charge in [0.1, 0.15) is 0 Å². The van der Waals surface area contributed by atoms with E-state index in [2.05, 4.69) is 23.6 Å². The smallest absolute Gasteiger partial charge is 0.0109 e. The Morgan fingerprint density at radius 2 is 0.556 bits per heavy atom. The third kappa shape index (κ3) is 26.9. The number of hydrogen-bond donors (Lipinski definition) is 2. The van der Waals surface area contributed by atoms with Gasteiger partial charge in [0, 0.05) is 13.1 Å². The van der Waals surface area contributed by atoms with E-state index in [0.717, 1.165) is 39.0 Å². The first-order valence-electron chi connectivity index (χ1n) is 16.6. The number of hydrogen-bond acceptors (Lipinski definition) is 4. The molecule has 4 nitrogen and oxygen atoms in total. The Hall–Kier alpha value is -0.160. The third-order valence-corrected chi connectivity index (χ3v) is 7.75. The summed E-state index contributed by atoms with van der Waals surface area (Å²) in [5.41, 5.74) is 11.7. The fourth-order valence-electron chi connectivity index (χ4n) is 5.23. The summed E-state index contributed by atoms with van der Waals surface area (Å²) in [6.45, 7) is 13.4. The molecule has 0 saturated carbocycles. The van der Waals surface area contributed by atoms with Gasteiger partial charge in [0.15, 0.2) is 0 Å². The average Bonchev–Trinajstić information content (AvgIpc) is 2.89. The van der Waals surface area contributed by atoms with Crippen LogP contribution in [0.2, 0.25) is 0 Å². The van der Waals surface area contributed by atoms with E-state index in [0.29, 0.717) is 0 Å². The van der Waals surface area contributed by atoms with Crippen molar-refractivity contribution in [3.8, 4) is 0 Å². The first-order valence-corrected chi connectivity index (χ1v) is 16.6. The van der Waals surface area contributed by atoms with Crippen LogP contribution in [0, 0.1) is 0 Å². The zero-order chi connectivity index (χ0) is 26.4. The second kappa shape index (κ2) is 31.1. The van der Waals surface area contributed by atoms with Crippen molar-refractivity contribution < 1.29 is 0 Å². The minimum absolute atomic E-state index is 0.810. The van der Waals surface area contributed by atoms with Crippen LogP contribution in [0.1, 0.15) is 155 Å². The lowest BCUT2D eigenvalue weighted by molar-refractivity contribution is 0.196. The van der Waals surface area contributed by atoms with Crippen LogP contribution in [-0.2, 0) is 0 Å². The van der Waals surface area contributed by atoms with Gasteiger partial charge in [-0.2, -0.15) is 0 Å². The SMILES string of the molecule is CCCCCCCCCCCCN(CCCN)CCN(CCCN)CCCCCCCCCCCC. The van der Waals surface area contributed by atoms with E-state index in [9.17, 15) is 0 Å². The van der Waals surface area contributed by atoms with Crippen molar-refractivity contribution in [2.45, 2.75) is 155 Å². The van der Waals surface area contributed by atoms with E-state index in [1.165, 1.54) is 155 Å². The molecule has 0 atom stereocenters. The summed E-state index contributed by atoms with van der Waals surface area (Å²) in [4.78, 5) is 5.37. The number of nitrogens with zero attached hydrogens (tertiary/aromatic N) is 2. The molecule has 0 aliphatic rings. The zero-order valence-corrected chi connectivity index (χ0v) is 25.3. The molecule has 218 valence electrons. The van der Waals surface area contributed by atoms with Gasteiger partial charge in [-0.05, 0) is 65.0 Å². The van der Waals surface area contributed by atoms with Gasteiger partial charge in [0.2, 0.25) is 0 Å². The highest BCUT2D eigenvalue weighted by Crippen LogP contribution is 2.12. The highest BCUT2D eigenvalue weighted by molar-refractivity contribution is 4.66. The van der Waals surface area contributed by atoms with E-state index >= 15 is 0 Å². The Kier molecular flexibility index (Phi) is 30.9. The first kappa shape index (κ1) is 35.8. The van der Waals surface area contributed by atoms with Gasteiger partial charge in [0.05, 0.1) is 0 Å². The minimum atomic E-state index is 0.810. The lowest BCUT2D eigenvalue weighted by Gasteiger charge is -2.28. The molecule has 0 spiro atoms. The first-order chi connectivity index (χ1) is 17.8. The maximum Gasteiger partial charge on any atom is 0.0109 e. The summed E-state index contributed by atoms with van der Waals surface area (Å²) >= 11 is 0. The molecule has 0 radical (unpaired) electrons. The summed E-state index contributed by atoms with van der Waals surface area (Å²) in [7, 11) is 0. The van der Waals surface area contributed by atoms with Crippen molar-refractivity contribution in [2.24, 2.45) is 11.5 Å². The molecule has 0 aliphatic heterocycles.